The van der Waals surface area contributed by atoms with Crippen LogP contribution in [0.4, 0.5) is 0 Å². The van der Waals surface area contributed by atoms with E-state index in [0.29, 0.717) is 5.92 Å². The van der Waals surface area contributed by atoms with Gasteiger partial charge in [-0.3, -0.25) is 0 Å². The lowest BCUT2D eigenvalue weighted by Gasteiger charge is -2.22. The van der Waals surface area contributed by atoms with E-state index in [9.17, 15) is 5.11 Å². The van der Waals surface area contributed by atoms with Crippen molar-refractivity contribution in [2.75, 3.05) is 0 Å². The summed E-state index contributed by atoms with van der Waals surface area (Å²) in [6.45, 7) is 2.04. The van der Waals surface area contributed by atoms with E-state index in [4.69, 9.17) is 0 Å². The van der Waals surface area contributed by atoms with Crippen molar-refractivity contribution in [2.24, 2.45) is 5.92 Å². The Morgan fingerprint density at radius 3 is 2.80 bits per heavy atom. The summed E-state index contributed by atoms with van der Waals surface area (Å²) in [5.41, 5.74) is 0. The summed E-state index contributed by atoms with van der Waals surface area (Å²) in [6, 6.07) is 0. The molecular formula is C9H16O. The summed E-state index contributed by atoms with van der Waals surface area (Å²) in [6.07, 6.45) is 8.70. The lowest BCUT2D eigenvalue weighted by Crippen LogP contribution is -2.17. The van der Waals surface area contributed by atoms with E-state index in [0.717, 1.165) is 12.8 Å². The minimum atomic E-state index is -0.0325. The van der Waals surface area contributed by atoms with Gasteiger partial charge in [-0.2, -0.15) is 0 Å². The van der Waals surface area contributed by atoms with Gasteiger partial charge in [0.1, 0.15) is 0 Å². The molecule has 58 valence electrons. The van der Waals surface area contributed by atoms with Gasteiger partial charge in [0.2, 0.25) is 0 Å². The van der Waals surface area contributed by atoms with Crippen molar-refractivity contribution in [1.29, 1.82) is 0 Å². The first-order valence-electron chi connectivity index (χ1n) is 4.14. The highest BCUT2D eigenvalue weighted by Gasteiger charge is 2.16. The smallest absolute Gasteiger partial charge is 0.0545 e. The van der Waals surface area contributed by atoms with Gasteiger partial charge < -0.3 is 5.11 Å². The quantitative estimate of drug-likeness (QED) is 0.553. The van der Waals surface area contributed by atoms with Crippen LogP contribution in [0.25, 0.3) is 0 Å². The zero-order chi connectivity index (χ0) is 7.40. The summed E-state index contributed by atoms with van der Waals surface area (Å²) < 4.78 is 0. The second kappa shape index (κ2) is 3.77. The number of allylic oxidation sites excluding steroid dienone is 2. The van der Waals surface area contributed by atoms with E-state index in [-0.39, 0.29) is 6.10 Å². The van der Waals surface area contributed by atoms with E-state index < -0.39 is 0 Å². The predicted molar refractivity (Wildman–Crippen MR) is 42.8 cm³/mol. The molecule has 1 rings (SSSR count). The molecule has 2 unspecified atom stereocenters. The molecule has 0 heterocycles. The minimum absolute atomic E-state index is 0.0325. The maximum Gasteiger partial charge on any atom is 0.0545 e. The highest BCUT2D eigenvalue weighted by molar-refractivity contribution is 4.89. The molecule has 0 saturated heterocycles. The van der Waals surface area contributed by atoms with Crippen molar-refractivity contribution in [3.8, 4) is 0 Å². The first kappa shape index (κ1) is 7.80. The van der Waals surface area contributed by atoms with Crippen LogP contribution in [0.15, 0.2) is 12.2 Å². The predicted octanol–water partition coefficient (Wildman–Crippen LogP) is 2.11. The molecular weight excluding hydrogens is 124 g/mol. The van der Waals surface area contributed by atoms with E-state index in [1.165, 1.54) is 12.8 Å². The Hall–Kier alpha value is -0.300. The average Bonchev–Trinajstić information content (AvgIpc) is 1.88. The molecule has 0 spiro atoms. The van der Waals surface area contributed by atoms with Crippen molar-refractivity contribution < 1.29 is 5.11 Å². The molecule has 10 heavy (non-hydrogen) atoms. The van der Waals surface area contributed by atoms with Crippen molar-refractivity contribution in [3.63, 3.8) is 0 Å². The first-order chi connectivity index (χ1) is 4.83. The van der Waals surface area contributed by atoms with Crippen LogP contribution in [-0.4, -0.2) is 11.2 Å². The molecule has 0 aromatic heterocycles. The Bertz CT molecular complexity index is 118. The monoisotopic (exact) mass is 140 g/mol. The molecule has 0 bridgehead atoms. The van der Waals surface area contributed by atoms with Gasteiger partial charge in [-0.25, -0.2) is 0 Å². The van der Waals surface area contributed by atoms with Gasteiger partial charge in [-0.05, 0) is 32.1 Å². The number of rotatable bonds is 1. The molecule has 1 heteroatoms. The SMILES string of the molecule is C/C=C/C1CCCC(O)C1. The van der Waals surface area contributed by atoms with Crippen LogP contribution in [0.1, 0.15) is 32.6 Å². The number of aliphatic hydroxyl groups excluding tert-OH is 1. The zero-order valence-corrected chi connectivity index (χ0v) is 6.59. The summed E-state index contributed by atoms with van der Waals surface area (Å²) in [5, 5.41) is 9.27. The van der Waals surface area contributed by atoms with Crippen LogP contribution >= 0.6 is 0 Å². The fraction of sp³-hybridized carbons (Fsp3) is 0.778. The Balaban J connectivity index is 2.32. The fourth-order valence-electron chi connectivity index (χ4n) is 1.65. The van der Waals surface area contributed by atoms with Crippen LogP contribution in [-0.2, 0) is 0 Å². The Morgan fingerprint density at radius 2 is 2.20 bits per heavy atom. The highest BCUT2D eigenvalue weighted by Crippen LogP contribution is 2.24. The van der Waals surface area contributed by atoms with Gasteiger partial charge in [-0.1, -0.05) is 18.6 Å². The molecule has 1 aliphatic carbocycles. The number of hydrogen-bond acceptors (Lipinski definition) is 1. The number of hydrogen-bond donors (Lipinski definition) is 1. The summed E-state index contributed by atoms with van der Waals surface area (Å²) >= 11 is 0. The first-order valence-corrected chi connectivity index (χ1v) is 4.14. The van der Waals surface area contributed by atoms with E-state index in [1.807, 2.05) is 6.92 Å². The molecule has 1 aliphatic rings. The topological polar surface area (TPSA) is 20.2 Å². The molecule has 1 saturated carbocycles. The molecule has 0 radical (unpaired) electrons. The Kier molecular flexibility index (Phi) is 2.94. The van der Waals surface area contributed by atoms with Crippen LogP contribution in [0.2, 0.25) is 0 Å². The van der Waals surface area contributed by atoms with Crippen LogP contribution in [0.3, 0.4) is 0 Å². The summed E-state index contributed by atoms with van der Waals surface area (Å²) in [4.78, 5) is 0. The van der Waals surface area contributed by atoms with Crippen LogP contribution in [0.5, 0.6) is 0 Å². The van der Waals surface area contributed by atoms with Gasteiger partial charge in [0.15, 0.2) is 0 Å². The molecule has 0 aromatic rings. The van der Waals surface area contributed by atoms with E-state index >= 15 is 0 Å². The second-order valence-electron chi connectivity index (χ2n) is 3.11. The molecule has 1 nitrogen and oxygen atoms in total. The third kappa shape index (κ3) is 2.14. The van der Waals surface area contributed by atoms with Crippen LogP contribution in [0, 0.1) is 5.92 Å². The van der Waals surface area contributed by atoms with Gasteiger partial charge >= 0.3 is 0 Å². The summed E-state index contributed by atoms with van der Waals surface area (Å²) in [7, 11) is 0. The Morgan fingerprint density at radius 1 is 1.40 bits per heavy atom. The zero-order valence-electron chi connectivity index (χ0n) is 6.59. The fourth-order valence-corrected chi connectivity index (χ4v) is 1.65. The van der Waals surface area contributed by atoms with Gasteiger partial charge in [0.05, 0.1) is 6.10 Å². The van der Waals surface area contributed by atoms with Gasteiger partial charge in [0, 0.05) is 0 Å². The summed E-state index contributed by atoms with van der Waals surface area (Å²) in [5.74, 6) is 0.647. The third-order valence-corrected chi connectivity index (χ3v) is 2.15. The molecule has 0 aromatic carbocycles. The average molecular weight is 140 g/mol. The maximum absolute atomic E-state index is 9.27. The van der Waals surface area contributed by atoms with Gasteiger partial charge in [-0.15, -0.1) is 0 Å². The minimum Gasteiger partial charge on any atom is -0.393 e. The van der Waals surface area contributed by atoms with E-state index in [2.05, 4.69) is 12.2 Å². The lowest BCUT2D eigenvalue weighted by molar-refractivity contribution is 0.113. The maximum atomic E-state index is 9.27. The highest BCUT2D eigenvalue weighted by atomic mass is 16.3. The standard InChI is InChI=1S/C9H16O/c1-2-4-8-5-3-6-9(10)7-8/h2,4,8-10H,3,5-7H2,1H3/b4-2+. The van der Waals surface area contributed by atoms with Crippen molar-refractivity contribution in [3.05, 3.63) is 12.2 Å². The van der Waals surface area contributed by atoms with Crippen molar-refractivity contribution in [2.45, 2.75) is 38.7 Å². The molecule has 2 atom stereocenters. The van der Waals surface area contributed by atoms with Crippen LogP contribution < -0.4 is 0 Å². The third-order valence-electron chi connectivity index (χ3n) is 2.15. The molecule has 0 aliphatic heterocycles. The lowest BCUT2D eigenvalue weighted by atomic mass is 9.87. The largest absolute Gasteiger partial charge is 0.393 e. The molecule has 0 amide bonds. The van der Waals surface area contributed by atoms with Crippen molar-refractivity contribution >= 4 is 0 Å². The Labute approximate surface area is 62.8 Å². The number of aliphatic hydroxyl groups is 1. The molecule has 1 fully saturated rings. The molecule has 1 N–H and O–H groups in total. The van der Waals surface area contributed by atoms with Crippen molar-refractivity contribution in [1.82, 2.24) is 0 Å². The van der Waals surface area contributed by atoms with E-state index in [1.54, 1.807) is 0 Å². The van der Waals surface area contributed by atoms with Gasteiger partial charge in [0.25, 0.3) is 0 Å². The normalized spacial score (nSPS) is 35.0. The second-order valence-corrected chi connectivity index (χ2v) is 3.11.